The van der Waals surface area contributed by atoms with Crippen molar-refractivity contribution in [3.63, 3.8) is 0 Å². The topological polar surface area (TPSA) is 9.23 Å². The summed E-state index contributed by atoms with van der Waals surface area (Å²) >= 11 is 0. The highest BCUT2D eigenvalue weighted by Crippen LogP contribution is 2.41. The normalized spacial score (nSPS) is 37.2. The van der Waals surface area contributed by atoms with Crippen molar-refractivity contribution >= 4 is 0 Å². The van der Waals surface area contributed by atoms with Crippen LogP contribution in [0.1, 0.15) is 71.1 Å². The largest absolute Gasteiger partial charge is 0.499 e. The molecule has 0 saturated heterocycles. The molecule has 2 saturated carbocycles. The Balaban J connectivity index is 1.69. The lowest BCUT2D eigenvalue weighted by Crippen LogP contribution is -2.28. The minimum absolute atomic E-state index is 0.468. The van der Waals surface area contributed by atoms with Gasteiger partial charge in [0.05, 0.1) is 12.4 Å². The lowest BCUT2D eigenvalue weighted by atomic mass is 9.70. The quantitative estimate of drug-likeness (QED) is 0.601. The van der Waals surface area contributed by atoms with Crippen LogP contribution in [-0.4, -0.2) is 6.10 Å². The molecule has 2 aliphatic rings. The highest BCUT2D eigenvalue weighted by Gasteiger charge is 2.30. The van der Waals surface area contributed by atoms with Crippen LogP contribution in [0.2, 0.25) is 0 Å². The summed E-state index contributed by atoms with van der Waals surface area (Å²) in [6, 6.07) is 0. The van der Waals surface area contributed by atoms with E-state index in [0.717, 1.165) is 17.8 Å². The molecule has 0 atom stereocenters. The molecule has 0 bridgehead atoms. The molecular formula is C17H30O. The number of hydrogen-bond acceptors (Lipinski definition) is 1. The Hall–Kier alpha value is -0.460. The maximum Gasteiger partial charge on any atom is 0.0978 e. The van der Waals surface area contributed by atoms with Gasteiger partial charge in [0.1, 0.15) is 0 Å². The van der Waals surface area contributed by atoms with Gasteiger partial charge in [-0.05, 0) is 56.3 Å². The highest BCUT2D eigenvalue weighted by atomic mass is 16.5. The second-order valence-electron chi connectivity index (χ2n) is 6.41. The Morgan fingerprint density at radius 3 is 2.00 bits per heavy atom. The molecule has 0 aromatic carbocycles. The summed E-state index contributed by atoms with van der Waals surface area (Å²) < 4.78 is 5.53. The molecule has 18 heavy (non-hydrogen) atoms. The summed E-state index contributed by atoms with van der Waals surface area (Å²) in [5, 5.41) is 0. The summed E-state index contributed by atoms with van der Waals surface area (Å²) in [6.07, 6.45) is 16.2. The molecule has 2 fully saturated rings. The Kier molecular flexibility index (Phi) is 5.59. The molecule has 0 aromatic rings. The molecule has 0 N–H and O–H groups in total. The molecule has 0 heterocycles. The van der Waals surface area contributed by atoms with Crippen molar-refractivity contribution in [3.05, 3.63) is 12.8 Å². The van der Waals surface area contributed by atoms with Gasteiger partial charge in [-0.1, -0.05) is 39.2 Å². The zero-order chi connectivity index (χ0) is 12.8. The molecule has 104 valence electrons. The first kappa shape index (κ1) is 14.0. The molecule has 0 amide bonds. The lowest BCUT2D eigenvalue weighted by Gasteiger charge is -2.37. The SMILES string of the molecule is C=COC1CCC(C2CCC(CCC)CC2)CC1. The molecule has 0 aliphatic heterocycles. The van der Waals surface area contributed by atoms with Gasteiger partial charge in [-0.25, -0.2) is 0 Å². The molecule has 2 aliphatic carbocycles. The van der Waals surface area contributed by atoms with Crippen molar-refractivity contribution in [2.75, 3.05) is 0 Å². The fourth-order valence-corrected chi connectivity index (χ4v) is 4.19. The van der Waals surface area contributed by atoms with Gasteiger partial charge in [0, 0.05) is 0 Å². The Morgan fingerprint density at radius 1 is 0.944 bits per heavy atom. The maximum absolute atomic E-state index is 5.53. The fraction of sp³-hybridized carbons (Fsp3) is 0.882. The van der Waals surface area contributed by atoms with E-state index in [1.807, 2.05) is 0 Å². The monoisotopic (exact) mass is 250 g/mol. The first-order valence-electron chi connectivity index (χ1n) is 8.09. The van der Waals surface area contributed by atoms with Gasteiger partial charge in [-0.2, -0.15) is 0 Å². The third-order valence-electron chi connectivity index (χ3n) is 5.26. The number of hydrogen-bond donors (Lipinski definition) is 0. The Labute approximate surface area is 113 Å². The van der Waals surface area contributed by atoms with Crippen LogP contribution >= 0.6 is 0 Å². The van der Waals surface area contributed by atoms with E-state index >= 15 is 0 Å². The summed E-state index contributed by atoms with van der Waals surface area (Å²) in [6.45, 7) is 5.99. The minimum Gasteiger partial charge on any atom is -0.499 e. The van der Waals surface area contributed by atoms with Gasteiger partial charge in [0.2, 0.25) is 0 Å². The smallest absolute Gasteiger partial charge is 0.0978 e. The molecule has 0 aromatic heterocycles. The molecule has 0 radical (unpaired) electrons. The fourth-order valence-electron chi connectivity index (χ4n) is 4.19. The summed E-state index contributed by atoms with van der Waals surface area (Å²) in [5.41, 5.74) is 0. The molecule has 1 nitrogen and oxygen atoms in total. The first-order chi connectivity index (χ1) is 8.83. The van der Waals surface area contributed by atoms with Crippen LogP contribution in [0.3, 0.4) is 0 Å². The summed E-state index contributed by atoms with van der Waals surface area (Å²) in [4.78, 5) is 0. The van der Waals surface area contributed by atoms with Crippen molar-refractivity contribution in [1.82, 2.24) is 0 Å². The van der Waals surface area contributed by atoms with E-state index in [1.165, 1.54) is 64.2 Å². The van der Waals surface area contributed by atoms with Crippen LogP contribution in [-0.2, 0) is 4.74 Å². The lowest BCUT2D eigenvalue weighted by molar-refractivity contribution is 0.0635. The second kappa shape index (κ2) is 7.21. The van der Waals surface area contributed by atoms with Gasteiger partial charge in [0.15, 0.2) is 0 Å². The van der Waals surface area contributed by atoms with Gasteiger partial charge >= 0.3 is 0 Å². The predicted octanol–water partition coefficient (Wildman–Crippen LogP) is 5.31. The third kappa shape index (κ3) is 3.76. The minimum atomic E-state index is 0.468. The summed E-state index contributed by atoms with van der Waals surface area (Å²) in [7, 11) is 0. The Bertz CT molecular complexity index is 232. The summed E-state index contributed by atoms with van der Waals surface area (Å²) in [5.74, 6) is 3.08. The van der Waals surface area contributed by atoms with E-state index in [4.69, 9.17) is 4.74 Å². The zero-order valence-corrected chi connectivity index (χ0v) is 12.1. The van der Waals surface area contributed by atoms with Crippen molar-refractivity contribution < 1.29 is 4.74 Å². The Morgan fingerprint density at radius 2 is 1.50 bits per heavy atom. The van der Waals surface area contributed by atoms with E-state index < -0.39 is 0 Å². The maximum atomic E-state index is 5.53. The third-order valence-corrected chi connectivity index (χ3v) is 5.26. The molecule has 0 unspecified atom stereocenters. The van der Waals surface area contributed by atoms with Gasteiger partial charge in [-0.3, -0.25) is 0 Å². The van der Waals surface area contributed by atoms with Crippen molar-refractivity contribution in [3.8, 4) is 0 Å². The van der Waals surface area contributed by atoms with E-state index in [-0.39, 0.29) is 0 Å². The van der Waals surface area contributed by atoms with E-state index in [0.29, 0.717) is 6.10 Å². The highest BCUT2D eigenvalue weighted by molar-refractivity contribution is 4.82. The van der Waals surface area contributed by atoms with Gasteiger partial charge in [0.25, 0.3) is 0 Å². The van der Waals surface area contributed by atoms with Crippen LogP contribution in [0.4, 0.5) is 0 Å². The van der Waals surface area contributed by atoms with Gasteiger partial charge in [-0.15, -0.1) is 0 Å². The van der Waals surface area contributed by atoms with Gasteiger partial charge < -0.3 is 4.74 Å². The predicted molar refractivity (Wildman–Crippen MR) is 77.4 cm³/mol. The molecule has 1 heteroatoms. The van der Waals surface area contributed by atoms with Crippen molar-refractivity contribution in [2.24, 2.45) is 17.8 Å². The van der Waals surface area contributed by atoms with E-state index in [9.17, 15) is 0 Å². The van der Waals surface area contributed by atoms with Crippen molar-refractivity contribution in [1.29, 1.82) is 0 Å². The number of ether oxygens (including phenoxy) is 1. The zero-order valence-electron chi connectivity index (χ0n) is 12.1. The first-order valence-corrected chi connectivity index (χ1v) is 8.09. The standard InChI is InChI=1S/C17H30O/c1-3-5-14-6-8-15(9-7-14)16-10-12-17(13-11-16)18-4-2/h4,14-17H,2-3,5-13H2,1H3. The van der Waals surface area contributed by atoms with Crippen LogP contribution < -0.4 is 0 Å². The van der Waals surface area contributed by atoms with Crippen molar-refractivity contribution in [2.45, 2.75) is 77.2 Å². The van der Waals surface area contributed by atoms with E-state index in [1.54, 1.807) is 6.26 Å². The van der Waals surface area contributed by atoms with Crippen LogP contribution in [0.25, 0.3) is 0 Å². The second-order valence-corrected chi connectivity index (χ2v) is 6.41. The molecule has 2 rings (SSSR count). The molecular weight excluding hydrogens is 220 g/mol. The van der Waals surface area contributed by atoms with Crippen LogP contribution in [0.5, 0.6) is 0 Å². The average molecular weight is 250 g/mol. The van der Waals surface area contributed by atoms with Crippen LogP contribution in [0, 0.1) is 17.8 Å². The molecule has 0 spiro atoms. The van der Waals surface area contributed by atoms with E-state index in [2.05, 4.69) is 13.5 Å². The average Bonchev–Trinajstić information content (AvgIpc) is 2.41. The van der Waals surface area contributed by atoms with Crippen LogP contribution in [0.15, 0.2) is 12.8 Å². The number of rotatable bonds is 5.